The zero-order chi connectivity index (χ0) is 24.8. The maximum absolute atomic E-state index is 13.0. The molecule has 1 N–H and O–H groups in total. The number of carbonyl (C=O) groups is 2. The van der Waals surface area contributed by atoms with E-state index in [1.54, 1.807) is 43.5 Å². The lowest BCUT2D eigenvalue weighted by molar-refractivity contribution is 0.0750. The molecule has 10 heteroatoms. The van der Waals surface area contributed by atoms with Gasteiger partial charge in [-0.3, -0.25) is 9.59 Å². The molecule has 1 fully saturated rings. The van der Waals surface area contributed by atoms with Crippen LogP contribution in [0.2, 0.25) is 5.02 Å². The van der Waals surface area contributed by atoms with Gasteiger partial charge in [-0.15, -0.1) is 11.3 Å². The summed E-state index contributed by atoms with van der Waals surface area (Å²) < 4.78 is 10.6. The molecule has 1 aliphatic rings. The molecule has 1 saturated heterocycles. The third kappa shape index (κ3) is 5.68. The highest BCUT2D eigenvalue weighted by atomic mass is 35.5. The number of thiophene rings is 1. The lowest BCUT2D eigenvalue weighted by Crippen LogP contribution is -2.49. The Hall–Kier alpha value is -3.30. The van der Waals surface area contributed by atoms with Crippen LogP contribution in [0.4, 0.5) is 5.82 Å². The summed E-state index contributed by atoms with van der Waals surface area (Å²) in [6, 6.07) is 11.0. The maximum atomic E-state index is 13.0. The number of anilines is 1. The predicted molar refractivity (Wildman–Crippen MR) is 137 cm³/mol. The Morgan fingerprint density at radius 2 is 1.86 bits per heavy atom. The Kier molecular flexibility index (Phi) is 8.09. The summed E-state index contributed by atoms with van der Waals surface area (Å²) in [5.41, 5.74) is 1.54. The van der Waals surface area contributed by atoms with Crippen LogP contribution in [-0.4, -0.2) is 68.6 Å². The number of halogens is 1. The SMILES string of the molecule is COc1ccc(CCNC(=O)c2cccnc2N2CCN(C(=O)c3sccc3Cl)CC2)cc1OC. The molecule has 1 aliphatic heterocycles. The van der Waals surface area contributed by atoms with Crippen LogP contribution in [0.3, 0.4) is 0 Å². The van der Waals surface area contributed by atoms with Gasteiger partial charge in [0.1, 0.15) is 10.7 Å². The molecular weight excluding hydrogens is 488 g/mol. The first-order valence-corrected chi connectivity index (χ1v) is 12.5. The fraction of sp³-hybridized carbons (Fsp3) is 0.320. The monoisotopic (exact) mass is 514 g/mol. The van der Waals surface area contributed by atoms with Crippen LogP contribution in [0.1, 0.15) is 25.6 Å². The first-order valence-electron chi connectivity index (χ1n) is 11.2. The third-order valence-corrected chi connectivity index (χ3v) is 7.19. The lowest BCUT2D eigenvalue weighted by Gasteiger charge is -2.36. The number of aromatic nitrogens is 1. The van der Waals surface area contributed by atoms with Gasteiger partial charge in [0.2, 0.25) is 0 Å². The molecule has 0 spiro atoms. The molecular formula is C25H27ClN4O4S. The quantitative estimate of drug-likeness (QED) is 0.493. The maximum Gasteiger partial charge on any atom is 0.265 e. The van der Waals surface area contributed by atoms with Crippen molar-refractivity contribution in [2.24, 2.45) is 0 Å². The zero-order valence-corrected chi connectivity index (χ0v) is 21.2. The Morgan fingerprint density at radius 3 is 2.54 bits per heavy atom. The van der Waals surface area contributed by atoms with Crippen LogP contribution in [0.15, 0.2) is 48.0 Å². The average molecular weight is 515 g/mol. The summed E-state index contributed by atoms with van der Waals surface area (Å²) in [4.78, 5) is 34.6. The van der Waals surface area contributed by atoms with Crippen molar-refractivity contribution in [1.29, 1.82) is 0 Å². The average Bonchev–Trinajstić information content (AvgIpc) is 3.33. The number of rotatable bonds is 8. The van der Waals surface area contributed by atoms with E-state index in [0.717, 1.165) is 5.56 Å². The van der Waals surface area contributed by atoms with Gasteiger partial charge in [0, 0.05) is 38.9 Å². The fourth-order valence-corrected chi connectivity index (χ4v) is 5.09. The topological polar surface area (TPSA) is 84.0 Å². The Labute approximate surface area is 213 Å². The molecule has 0 saturated carbocycles. The van der Waals surface area contributed by atoms with E-state index in [4.69, 9.17) is 21.1 Å². The minimum absolute atomic E-state index is 0.0567. The highest BCUT2D eigenvalue weighted by Crippen LogP contribution is 2.28. The number of ether oxygens (including phenoxy) is 2. The molecule has 3 heterocycles. The second-order valence-electron chi connectivity index (χ2n) is 7.95. The van der Waals surface area contributed by atoms with Crippen molar-refractivity contribution in [3.8, 4) is 11.5 Å². The fourth-order valence-electron chi connectivity index (χ4n) is 3.99. The molecule has 0 aliphatic carbocycles. The molecule has 35 heavy (non-hydrogen) atoms. The van der Waals surface area contributed by atoms with Crippen molar-refractivity contribution < 1.29 is 19.1 Å². The number of hydrogen-bond donors (Lipinski definition) is 1. The van der Waals surface area contributed by atoms with Gasteiger partial charge < -0.3 is 24.6 Å². The number of piperazine rings is 1. The van der Waals surface area contributed by atoms with Gasteiger partial charge in [-0.1, -0.05) is 17.7 Å². The summed E-state index contributed by atoms with van der Waals surface area (Å²) in [5, 5.41) is 5.29. The predicted octanol–water partition coefficient (Wildman–Crippen LogP) is 3.75. The number of nitrogens with zero attached hydrogens (tertiary/aromatic N) is 3. The van der Waals surface area contributed by atoms with Gasteiger partial charge in [-0.25, -0.2) is 4.98 Å². The van der Waals surface area contributed by atoms with E-state index in [0.29, 0.717) is 71.9 Å². The standard InChI is InChI=1S/C25H27ClN4O4S/c1-33-20-6-5-17(16-21(20)34-2)7-10-28-24(31)18-4-3-9-27-23(18)29-11-13-30(14-12-29)25(32)22-19(26)8-15-35-22/h3-6,8-9,15-16H,7,10-14H2,1-2H3,(H,28,31). The lowest BCUT2D eigenvalue weighted by atomic mass is 10.1. The van der Waals surface area contributed by atoms with E-state index in [2.05, 4.69) is 10.3 Å². The molecule has 1 aromatic carbocycles. The first-order chi connectivity index (χ1) is 17.0. The molecule has 4 rings (SSSR count). The summed E-state index contributed by atoms with van der Waals surface area (Å²) >= 11 is 7.48. The van der Waals surface area contributed by atoms with Gasteiger partial charge in [0.25, 0.3) is 11.8 Å². The normalized spacial score (nSPS) is 13.5. The number of nitrogens with one attached hydrogen (secondary N) is 1. The second kappa shape index (κ2) is 11.4. The van der Waals surface area contributed by atoms with Crippen LogP contribution >= 0.6 is 22.9 Å². The smallest absolute Gasteiger partial charge is 0.265 e. The largest absolute Gasteiger partial charge is 0.493 e. The van der Waals surface area contributed by atoms with Crippen LogP contribution in [0.25, 0.3) is 0 Å². The number of carbonyl (C=O) groups excluding carboxylic acids is 2. The van der Waals surface area contributed by atoms with Crippen LogP contribution in [0.5, 0.6) is 11.5 Å². The molecule has 184 valence electrons. The highest BCUT2D eigenvalue weighted by Gasteiger charge is 2.27. The summed E-state index contributed by atoms with van der Waals surface area (Å²) in [6.45, 7) is 2.69. The van der Waals surface area contributed by atoms with Gasteiger partial charge in [0.15, 0.2) is 11.5 Å². The van der Waals surface area contributed by atoms with E-state index in [1.165, 1.54) is 11.3 Å². The molecule has 0 bridgehead atoms. The molecule has 8 nitrogen and oxygen atoms in total. The van der Waals surface area contributed by atoms with Crippen LogP contribution < -0.4 is 19.7 Å². The molecule has 0 radical (unpaired) electrons. The van der Waals surface area contributed by atoms with Crippen LogP contribution in [-0.2, 0) is 6.42 Å². The van der Waals surface area contributed by atoms with Crippen molar-refractivity contribution >= 4 is 40.6 Å². The first kappa shape index (κ1) is 24.8. The number of benzene rings is 1. The second-order valence-corrected chi connectivity index (χ2v) is 9.27. The third-order valence-electron chi connectivity index (χ3n) is 5.86. The minimum Gasteiger partial charge on any atom is -0.493 e. The molecule has 0 atom stereocenters. The van der Waals surface area contributed by atoms with Gasteiger partial charge in [0.05, 0.1) is 24.8 Å². The van der Waals surface area contributed by atoms with Crippen LogP contribution in [0, 0.1) is 0 Å². The number of pyridine rings is 1. The minimum atomic E-state index is -0.183. The highest BCUT2D eigenvalue weighted by molar-refractivity contribution is 7.12. The van der Waals surface area contributed by atoms with Crippen molar-refractivity contribution in [3.63, 3.8) is 0 Å². The molecule has 0 unspecified atom stereocenters. The number of methoxy groups -OCH3 is 2. The van der Waals surface area contributed by atoms with E-state index >= 15 is 0 Å². The Bertz CT molecular complexity index is 1190. The van der Waals surface area contributed by atoms with Crippen molar-refractivity contribution in [1.82, 2.24) is 15.2 Å². The molecule has 3 aromatic rings. The van der Waals surface area contributed by atoms with Crippen molar-refractivity contribution in [2.75, 3.05) is 51.8 Å². The number of amides is 2. The van der Waals surface area contributed by atoms with E-state index in [-0.39, 0.29) is 11.8 Å². The van der Waals surface area contributed by atoms with Gasteiger partial charge in [-0.05, 0) is 47.7 Å². The Balaban J connectivity index is 1.35. The molecule has 2 amide bonds. The molecule has 2 aromatic heterocycles. The summed E-state index contributed by atoms with van der Waals surface area (Å²) in [6.07, 6.45) is 2.33. The zero-order valence-electron chi connectivity index (χ0n) is 19.6. The number of hydrogen-bond acceptors (Lipinski definition) is 7. The summed E-state index contributed by atoms with van der Waals surface area (Å²) in [7, 11) is 3.20. The van der Waals surface area contributed by atoms with E-state index in [9.17, 15) is 9.59 Å². The van der Waals surface area contributed by atoms with Crippen molar-refractivity contribution in [2.45, 2.75) is 6.42 Å². The Morgan fingerprint density at radius 1 is 1.09 bits per heavy atom. The van der Waals surface area contributed by atoms with E-state index in [1.807, 2.05) is 28.5 Å². The van der Waals surface area contributed by atoms with Gasteiger partial charge >= 0.3 is 0 Å². The van der Waals surface area contributed by atoms with Crippen molar-refractivity contribution in [3.05, 3.63) is 69.0 Å². The summed E-state index contributed by atoms with van der Waals surface area (Å²) in [5.74, 6) is 1.71. The van der Waals surface area contributed by atoms with Gasteiger partial charge in [-0.2, -0.15) is 0 Å². The van der Waals surface area contributed by atoms with E-state index < -0.39 is 0 Å².